The van der Waals surface area contributed by atoms with Crippen molar-refractivity contribution in [2.45, 2.75) is 25.8 Å². The zero-order chi connectivity index (χ0) is 19.0. The number of nitriles is 1. The minimum absolute atomic E-state index is 0.120. The van der Waals surface area contributed by atoms with E-state index in [4.69, 9.17) is 10.5 Å². The third-order valence-electron chi connectivity index (χ3n) is 5.23. The van der Waals surface area contributed by atoms with Crippen LogP contribution in [0.3, 0.4) is 0 Å². The van der Waals surface area contributed by atoms with Crippen molar-refractivity contribution in [3.05, 3.63) is 73.1 Å². The lowest BCUT2D eigenvalue weighted by Crippen LogP contribution is -3.16. The van der Waals surface area contributed by atoms with Crippen LogP contribution in [-0.4, -0.2) is 19.1 Å². The van der Waals surface area contributed by atoms with Crippen molar-refractivity contribution in [1.29, 1.82) is 5.26 Å². The van der Waals surface area contributed by atoms with Gasteiger partial charge in [-0.2, -0.15) is 27.9 Å². The van der Waals surface area contributed by atoms with Crippen LogP contribution >= 0.6 is 22.7 Å². The van der Waals surface area contributed by atoms with Crippen LogP contribution in [0.2, 0.25) is 0 Å². The zero-order valence-corrected chi connectivity index (χ0v) is 17.0. The van der Waals surface area contributed by atoms with E-state index in [-0.39, 0.29) is 11.8 Å². The molecule has 0 radical (unpaired) electrons. The first-order chi connectivity index (χ1) is 13.1. The van der Waals surface area contributed by atoms with E-state index in [1.54, 1.807) is 22.7 Å². The van der Waals surface area contributed by atoms with Gasteiger partial charge in [0.1, 0.15) is 30.5 Å². The molecule has 0 saturated heterocycles. The van der Waals surface area contributed by atoms with Crippen LogP contribution in [0.5, 0.6) is 0 Å². The van der Waals surface area contributed by atoms with Crippen molar-refractivity contribution >= 4 is 28.7 Å². The quantitative estimate of drug-likeness (QED) is 0.837. The van der Waals surface area contributed by atoms with Gasteiger partial charge in [-0.15, -0.1) is 0 Å². The van der Waals surface area contributed by atoms with Crippen molar-refractivity contribution in [1.82, 2.24) is 0 Å². The molecule has 4 heterocycles. The molecule has 2 aliphatic heterocycles. The summed E-state index contributed by atoms with van der Waals surface area (Å²) in [5, 5.41) is 18.1. The number of nitrogens with zero attached hydrogens (tertiary/aromatic N) is 1. The Morgan fingerprint density at radius 3 is 2.67 bits per heavy atom. The number of thiophene rings is 2. The van der Waals surface area contributed by atoms with Crippen molar-refractivity contribution in [2.75, 3.05) is 13.1 Å². The van der Waals surface area contributed by atoms with E-state index >= 15 is 0 Å². The topological polar surface area (TPSA) is 63.5 Å². The van der Waals surface area contributed by atoms with Gasteiger partial charge >= 0.3 is 0 Å². The molecule has 3 N–H and O–H groups in total. The van der Waals surface area contributed by atoms with Gasteiger partial charge in [0.15, 0.2) is 0 Å². The molecule has 0 bridgehead atoms. The summed E-state index contributed by atoms with van der Waals surface area (Å²) >= 11 is 3.33. The van der Waals surface area contributed by atoms with Gasteiger partial charge in [0.05, 0.1) is 12.0 Å². The van der Waals surface area contributed by atoms with Crippen LogP contribution in [0.4, 0.5) is 0 Å². The van der Waals surface area contributed by atoms with Crippen molar-refractivity contribution < 1.29 is 9.64 Å². The summed E-state index contributed by atoms with van der Waals surface area (Å²) in [6, 6.07) is 6.97. The number of nitrogens with two attached hydrogens (primary N) is 1. The maximum atomic E-state index is 9.76. The highest BCUT2D eigenvalue weighted by atomic mass is 32.1. The van der Waals surface area contributed by atoms with Crippen molar-refractivity contribution in [3.63, 3.8) is 0 Å². The van der Waals surface area contributed by atoms with Crippen molar-refractivity contribution in [3.8, 4) is 6.07 Å². The highest BCUT2D eigenvalue weighted by Gasteiger charge is 2.40. The lowest BCUT2D eigenvalue weighted by atomic mass is 9.81. The Bertz CT molecular complexity index is 960. The molecule has 0 spiro atoms. The molecule has 1 unspecified atom stereocenters. The van der Waals surface area contributed by atoms with E-state index in [0.717, 1.165) is 35.6 Å². The largest absolute Gasteiger partial charge is 0.440 e. The average molecular weight is 397 g/mol. The fraction of sp³-hybridized carbons (Fsp3) is 0.286. The molecular formula is C21H22N3OS2+. The number of ether oxygens (including phenoxy) is 1. The van der Waals surface area contributed by atoms with Crippen LogP contribution < -0.4 is 10.6 Å². The number of rotatable bonds is 3. The van der Waals surface area contributed by atoms with Gasteiger partial charge in [-0.25, -0.2) is 0 Å². The smallest absolute Gasteiger partial charge is 0.205 e. The number of hydrogen-bond donors (Lipinski definition) is 2. The predicted molar refractivity (Wildman–Crippen MR) is 110 cm³/mol. The van der Waals surface area contributed by atoms with Gasteiger partial charge in [-0.1, -0.05) is 0 Å². The van der Waals surface area contributed by atoms with E-state index in [9.17, 15) is 5.26 Å². The molecule has 0 saturated carbocycles. The minimum atomic E-state index is -0.120. The SMILES string of the molecule is CC(C)[NH+]1CC2=C(OC(N)=C(C#N)[C@@H]2c2ccsc2)/C(=C/c2ccsc2)C1. The number of allylic oxidation sites excluding steroid dienone is 1. The lowest BCUT2D eigenvalue weighted by molar-refractivity contribution is -0.913. The summed E-state index contributed by atoms with van der Waals surface area (Å²) in [5.74, 6) is 0.972. The van der Waals surface area contributed by atoms with Gasteiger partial charge in [0.25, 0.3) is 0 Å². The van der Waals surface area contributed by atoms with Gasteiger partial charge in [0.2, 0.25) is 5.88 Å². The first-order valence-electron chi connectivity index (χ1n) is 8.99. The molecule has 2 atom stereocenters. The average Bonchev–Trinajstić information content (AvgIpc) is 3.34. The number of hydrogen-bond acceptors (Lipinski definition) is 5. The highest BCUT2D eigenvalue weighted by molar-refractivity contribution is 7.08. The first kappa shape index (κ1) is 18.1. The Balaban J connectivity index is 1.87. The highest BCUT2D eigenvalue weighted by Crippen LogP contribution is 2.42. The Hall–Kier alpha value is -2.33. The second kappa shape index (κ2) is 7.35. The number of quaternary nitrogens is 1. The Morgan fingerprint density at radius 1 is 1.26 bits per heavy atom. The fourth-order valence-corrected chi connectivity index (χ4v) is 5.08. The van der Waals surface area contributed by atoms with E-state index in [2.05, 4.69) is 54.3 Å². The van der Waals surface area contributed by atoms with Crippen molar-refractivity contribution in [2.24, 2.45) is 5.73 Å². The van der Waals surface area contributed by atoms with Crippen LogP contribution in [0.25, 0.3) is 6.08 Å². The molecule has 0 aromatic carbocycles. The van der Waals surface area contributed by atoms with Crippen LogP contribution in [-0.2, 0) is 4.74 Å². The van der Waals surface area contributed by atoms with E-state index < -0.39 is 0 Å². The summed E-state index contributed by atoms with van der Waals surface area (Å²) in [6.07, 6.45) is 2.20. The van der Waals surface area contributed by atoms with Gasteiger partial charge in [-0.3, -0.25) is 0 Å². The second-order valence-electron chi connectivity index (χ2n) is 7.23. The third kappa shape index (κ3) is 3.34. The molecule has 2 aromatic heterocycles. The van der Waals surface area contributed by atoms with Gasteiger partial charge in [0, 0.05) is 11.1 Å². The molecule has 0 amide bonds. The van der Waals surface area contributed by atoms with E-state index in [1.807, 2.05) is 5.38 Å². The monoisotopic (exact) mass is 396 g/mol. The molecule has 2 aliphatic rings. The summed E-state index contributed by atoms with van der Waals surface area (Å²) < 4.78 is 6.05. The number of nitrogens with one attached hydrogen (secondary N) is 1. The molecule has 6 heteroatoms. The lowest BCUT2D eigenvalue weighted by Gasteiger charge is -2.37. The second-order valence-corrected chi connectivity index (χ2v) is 8.79. The van der Waals surface area contributed by atoms with E-state index in [0.29, 0.717) is 11.6 Å². The molecule has 4 rings (SSSR count). The standard InChI is InChI=1S/C21H21N3OS2/c1-13(2)24-9-16(7-14-3-5-26-11-14)20-18(10-24)19(15-4-6-27-12-15)17(8-22)21(23)25-20/h3-7,11-13,19H,9-10,23H2,1-2H3/p+1/b16-7+/t19-/m0/s1. The van der Waals surface area contributed by atoms with Gasteiger partial charge in [-0.05, 0) is 64.7 Å². The maximum Gasteiger partial charge on any atom is 0.205 e. The third-order valence-corrected chi connectivity index (χ3v) is 6.63. The first-order valence-corrected chi connectivity index (χ1v) is 10.9. The molecule has 27 heavy (non-hydrogen) atoms. The normalized spacial score (nSPS) is 24.1. The van der Waals surface area contributed by atoms with Crippen LogP contribution in [0.15, 0.2) is 62.0 Å². The van der Waals surface area contributed by atoms with Crippen LogP contribution in [0.1, 0.15) is 30.9 Å². The molecular weight excluding hydrogens is 374 g/mol. The zero-order valence-electron chi connectivity index (χ0n) is 15.4. The Kier molecular flexibility index (Phi) is 4.92. The predicted octanol–water partition coefficient (Wildman–Crippen LogP) is 3.26. The molecule has 0 aliphatic carbocycles. The summed E-state index contributed by atoms with van der Waals surface area (Å²) in [5.41, 5.74) is 11.3. The molecule has 138 valence electrons. The molecule has 4 nitrogen and oxygen atoms in total. The Morgan fingerprint density at radius 2 is 2.04 bits per heavy atom. The summed E-state index contributed by atoms with van der Waals surface area (Å²) in [7, 11) is 0. The molecule has 2 aromatic rings. The fourth-order valence-electron chi connectivity index (χ4n) is 3.77. The van der Waals surface area contributed by atoms with Crippen LogP contribution in [0, 0.1) is 11.3 Å². The summed E-state index contributed by atoms with van der Waals surface area (Å²) in [6.45, 7) is 6.22. The molecule has 0 fully saturated rings. The maximum absolute atomic E-state index is 9.76. The summed E-state index contributed by atoms with van der Waals surface area (Å²) in [4.78, 5) is 1.47. The Labute approximate surface area is 167 Å². The minimum Gasteiger partial charge on any atom is -0.440 e. The van der Waals surface area contributed by atoms with E-state index in [1.165, 1.54) is 10.5 Å². The van der Waals surface area contributed by atoms with Gasteiger partial charge < -0.3 is 15.4 Å².